The first kappa shape index (κ1) is 19.9. The van der Waals surface area contributed by atoms with Crippen LogP contribution in [0, 0.1) is 19.7 Å². The summed E-state index contributed by atoms with van der Waals surface area (Å²) in [5.41, 5.74) is 4.73. The van der Waals surface area contributed by atoms with Crippen molar-refractivity contribution in [3.05, 3.63) is 70.3 Å². The van der Waals surface area contributed by atoms with E-state index in [1.807, 2.05) is 45.0 Å². The van der Waals surface area contributed by atoms with Crippen LogP contribution in [0.1, 0.15) is 17.0 Å². The van der Waals surface area contributed by atoms with E-state index in [1.54, 1.807) is 22.9 Å². The van der Waals surface area contributed by atoms with Gasteiger partial charge in [0.1, 0.15) is 5.82 Å². The van der Waals surface area contributed by atoms with Gasteiger partial charge in [0.15, 0.2) is 0 Å². The number of nitrogens with one attached hydrogen (secondary N) is 1. The van der Waals surface area contributed by atoms with E-state index >= 15 is 0 Å². The lowest BCUT2D eigenvalue weighted by molar-refractivity contribution is -0.115. The summed E-state index contributed by atoms with van der Waals surface area (Å²) in [4.78, 5) is 14.5. The minimum Gasteiger partial charge on any atom is -0.376 e. The fourth-order valence-electron chi connectivity index (χ4n) is 3.08. The molecule has 0 aliphatic carbocycles. The van der Waals surface area contributed by atoms with Crippen LogP contribution in [0.3, 0.4) is 0 Å². The number of carbonyl (C=O) groups excluding carboxylic acids is 1. The summed E-state index contributed by atoms with van der Waals surface area (Å²) >= 11 is 6.27. The van der Waals surface area contributed by atoms with Crippen molar-refractivity contribution in [1.29, 1.82) is 0 Å². The Kier molecular flexibility index (Phi) is 5.70. The van der Waals surface area contributed by atoms with Gasteiger partial charge in [-0.25, -0.2) is 9.07 Å². The zero-order valence-electron chi connectivity index (χ0n) is 16.3. The maximum atomic E-state index is 13.2. The van der Waals surface area contributed by atoms with Crippen molar-refractivity contribution in [2.24, 2.45) is 0 Å². The maximum absolute atomic E-state index is 13.2. The molecule has 3 aromatic rings. The highest BCUT2D eigenvalue weighted by Gasteiger charge is 2.16. The van der Waals surface area contributed by atoms with Crippen molar-refractivity contribution in [2.45, 2.75) is 20.3 Å². The van der Waals surface area contributed by atoms with Crippen LogP contribution in [-0.4, -0.2) is 29.8 Å². The molecule has 0 unspecified atom stereocenters. The van der Waals surface area contributed by atoms with Crippen LogP contribution in [-0.2, 0) is 11.2 Å². The number of nitrogens with zero attached hydrogens (tertiary/aromatic N) is 3. The Hall–Kier alpha value is -2.86. The molecule has 5 nitrogen and oxygen atoms in total. The smallest absolute Gasteiger partial charge is 0.228 e. The molecule has 1 N–H and O–H groups in total. The molecule has 0 atom stereocenters. The van der Waals surface area contributed by atoms with Gasteiger partial charge < -0.3 is 10.2 Å². The summed E-state index contributed by atoms with van der Waals surface area (Å²) in [5.74, 6) is -0.456. The lowest BCUT2D eigenvalue weighted by Crippen LogP contribution is -2.16. The Morgan fingerprint density at radius 2 is 1.86 bits per heavy atom. The van der Waals surface area contributed by atoms with E-state index in [1.165, 1.54) is 12.1 Å². The number of anilines is 2. The van der Waals surface area contributed by atoms with Crippen LogP contribution in [0.4, 0.5) is 15.8 Å². The summed E-state index contributed by atoms with van der Waals surface area (Å²) in [6, 6.07) is 11.5. The van der Waals surface area contributed by atoms with Crippen molar-refractivity contribution < 1.29 is 9.18 Å². The molecule has 3 rings (SSSR count). The Morgan fingerprint density at radius 1 is 1.18 bits per heavy atom. The number of hydrogen-bond donors (Lipinski definition) is 1. The third-order valence-corrected chi connectivity index (χ3v) is 4.87. The molecular formula is C21H22ClFN4O. The first-order chi connectivity index (χ1) is 13.3. The number of carbonyl (C=O) groups is 1. The Labute approximate surface area is 168 Å². The molecule has 0 aliphatic rings. The number of rotatable bonds is 5. The van der Waals surface area contributed by atoms with E-state index in [4.69, 9.17) is 11.6 Å². The van der Waals surface area contributed by atoms with Gasteiger partial charge in [-0.15, -0.1) is 0 Å². The average molecular weight is 401 g/mol. The number of aromatic nitrogens is 2. The van der Waals surface area contributed by atoms with Crippen LogP contribution in [0.25, 0.3) is 5.69 Å². The molecule has 28 heavy (non-hydrogen) atoms. The molecule has 0 bridgehead atoms. The van der Waals surface area contributed by atoms with E-state index in [-0.39, 0.29) is 18.1 Å². The third kappa shape index (κ3) is 4.17. The second-order valence-corrected chi connectivity index (χ2v) is 7.23. The van der Waals surface area contributed by atoms with Crippen molar-refractivity contribution in [3.63, 3.8) is 0 Å². The molecule has 1 amide bonds. The minimum absolute atomic E-state index is 0.154. The molecule has 146 valence electrons. The number of hydrogen-bond acceptors (Lipinski definition) is 3. The fraction of sp³-hybridized carbons (Fsp3) is 0.238. The van der Waals surface area contributed by atoms with Crippen LogP contribution >= 0.6 is 11.6 Å². The predicted octanol–water partition coefficient (Wildman–Crippen LogP) is 4.53. The quantitative estimate of drug-likeness (QED) is 0.684. The first-order valence-corrected chi connectivity index (χ1v) is 9.22. The highest BCUT2D eigenvalue weighted by molar-refractivity contribution is 6.33. The topological polar surface area (TPSA) is 50.2 Å². The summed E-state index contributed by atoms with van der Waals surface area (Å²) in [6.45, 7) is 3.76. The molecule has 0 fully saturated rings. The minimum atomic E-state index is -0.302. The second kappa shape index (κ2) is 8.02. The fourth-order valence-corrected chi connectivity index (χ4v) is 3.43. The van der Waals surface area contributed by atoms with Crippen molar-refractivity contribution in [3.8, 4) is 5.69 Å². The molecule has 0 spiro atoms. The summed E-state index contributed by atoms with van der Waals surface area (Å²) in [6.07, 6.45) is 0.186. The standard InChI is InChI=1S/C21H22ClFN4O/c1-13-18(14(2)27(25-13)17-8-5-15(23)6-9-17)12-21(28)24-16-7-10-20(26(3)4)19(22)11-16/h5-11H,12H2,1-4H3,(H,24,28). The van der Waals surface area contributed by atoms with E-state index in [0.29, 0.717) is 10.7 Å². The summed E-state index contributed by atoms with van der Waals surface area (Å²) in [5, 5.41) is 7.95. The Morgan fingerprint density at radius 3 is 2.46 bits per heavy atom. The largest absolute Gasteiger partial charge is 0.376 e. The zero-order chi connectivity index (χ0) is 20.4. The first-order valence-electron chi connectivity index (χ1n) is 8.84. The lowest BCUT2D eigenvalue weighted by atomic mass is 10.1. The van der Waals surface area contributed by atoms with Gasteiger partial charge in [-0.3, -0.25) is 4.79 Å². The van der Waals surface area contributed by atoms with Crippen molar-refractivity contribution >= 4 is 28.9 Å². The van der Waals surface area contributed by atoms with E-state index in [0.717, 1.165) is 28.3 Å². The number of halogens is 2. The van der Waals surface area contributed by atoms with Crippen LogP contribution in [0.2, 0.25) is 5.02 Å². The second-order valence-electron chi connectivity index (χ2n) is 6.82. The number of benzene rings is 2. The average Bonchev–Trinajstić information content (AvgIpc) is 2.90. The molecule has 0 saturated carbocycles. The molecule has 0 radical (unpaired) electrons. The van der Waals surface area contributed by atoms with E-state index < -0.39 is 0 Å². The van der Waals surface area contributed by atoms with Gasteiger partial charge in [-0.1, -0.05) is 11.6 Å². The number of aryl methyl sites for hydroxylation is 1. The molecule has 0 saturated heterocycles. The van der Waals surface area contributed by atoms with Crippen molar-refractivity contribution in [2.75, 3.05) is 24.3 Å². The lowest BCUT2D eigenvalue weighted by Gasteiger charge is -2.15. The van der Waals surface area contributed by atoms with Gasteiger partial charge in [-0.05, 0) is 56.3 Å². The molecule has 0 aliphatic heterocycles. The predicted molar refractivity (Wildman–Crippen MR) is 111 cm³/mol. The summed E-state index contributed by atoms with van der Waals surface area (Å²) < 4.78 is 14.9. The van der Waals surface area contributed by atoms with Crippen LogP contribution in [0.5, 0.6) is 0 Å². The molecule has 1 aromatic heterocycles. The van der Waals surface area contributed by atoms with Crippen molar-refractivity contribution in [1.82, 2.24) is 9.78 Å². The van der Waals surface area contributed by atoms with Crippen LogP contribution in [0.15, 0.2) is 42.5 Å². The molecular weight excluding hydrogens is 379 g/mol. The Bertz CT molecular complexity index is 1010. The van der Waals surface area contributed by atoms with E-state index in [2.05, 4.69) is 10.4 Å². The highest BCUT2D eigenvalue weighted by Crippen LogP contribution is 2.27. The number of amides is 1. The van der Waals surface area contributed by atoms with Gasteiger partial charge >= 0.3 is 0 Å². The van der Waals surface area contributed by atoms with E-state index in [9.17, 15) is 9.18 Å². The Balaban J connectivity index is 1.77. The molecule has 7 heteroatoms. The van der Waals surface area contributed by atoms with Gasteiger partial charge in [-0.2, -0.15) is 5.10 Å². The van der Waals surface area contributed by atoms with Gasteiger partial charge in [0, 0.05) is 31.0 Å². The highest BCUT2D eigenvalue weighted by atomic mass is 35.5. The maximum Gasteiger partial charge on any atom is 0.228 e. The summed E-state index contributed by atoms with van der Waals surface area (Å²) in [7, 11) is 3.81. The third-order valence-electron chi connectivity index (χ3n) is 4.56. The van der Waals surface area contributed by atoms with Gasteiger partial charge in [0.05, 0.1) is 28.5 Å². The monoisotopic (exact) mass is 400 g/mol. The van der Waals surface area contributed by atoms with Gasteiger partial charge in [0.2, 0.25) is 5.91 Å². The SMILES string of the molecule is Cc1nn(-c2ccc(F)cc2)c(C)c1CC(=O)Nc1ccc(N(C)C)c(Cl)c1. The molecule has 1 heterocycles. The van der Waals surface area contributed by atoms with Crippen LogP contribution < -0.4 is 10.2 Å². The molecule has 2 aromatic carbocycles. The zero-order valence-corrected chi connectivity index (χ0v) is 17.0. The van der Waals surface area contributed by atoms with Gasteiger partial charge in [0.25, 0.3) is 0 Å². The normalized spacial score (nSPS) is 10.8.